The molecule has 0 bridgehead atoms. The summed E-state index contributed by atoms with van der Waals surface area (Å²) in [6.07, 6.45) is 4.90. The van der Waals surface area contributed by atoms with Gasteiger partial charge < -0.3 is 4.74 Å². The molecule has 2 rings (SSSR count). The molecular weight excluding hydrogens is 235 g/mol. The Morgan fingerprint density at radius 1 is 1.44 bits per heavy atom. The number of hydrogen-bond acceptors (Lipinski definition) is 4. The largest absolute Gasteiger partial charge is 0.473 e. The van der Waals surface area contributed by atoms with Gasteiger partial charge in [0.25, 0.3) is 0 Å². The van der Waals surface area contributed by atoms with Crippen LogP contribution in [0.15, 0.2) is 24.7 Å². The van der Waals surface area contributed by atoms with Crippen LogP contribution in [0.3, 0.4) is 0 Å². The van der Waals surface area contributed by atoms with Gasteiger partial charge in [-0.15, -0.1) is 5.10 Å². The lowest BCUT2D eigenvalue weighted by atomic mass is 10.1. The van der Waals surface area contributed by atoms with Gasteiger partial charge in [-0.1, -0.05) is 5.21 Å². The Kier molecular flexibility index (Phi) is 3.27. The van der Waals surface area contributed by atoms with Gasteiger partial charge in [0.05, 0.1) is 11.7 Å². The van der Waals surface area contributed by atoms with E-state index in [1.807, 2.05) is 13.8 Å². The molecule has 0 N–H and O–H groups in total. The molecule has 2 heterocycles. The standard InChI is InChI=1S/C12H15FN4O/c1-9-6-10(13)11(14-7-9)18-8-12(2,3)17-5-4-15-16-17/h4-7H,8H2,1-3H3. The van der Waals surface area contributed by atoms with Crippen LogP contribution in [-0.4, -0.2) is 26.6 Å². The third-order valence-electron chi connectivity index (χ3n) is 2.55. The highest BCUT2D eigenvalue weighted by Gasteiger charge is 2.23. The fourth-order valence-electron chi connectivity index (χ4n) is 1.47. The summed E-state index contributed by atoms with van der Waals surface area (Å²) in [5, 5.41) is 7.65. The van der Waals surface area contributed by atoms with Crippen molar-refractivity contribution in [2.24, 2.45) is 0 Å². The third kappa shape index (κ3) is 2.64. The van der Waals surface area contributed by atoms with E-state index in [-0.39, 0.29) is 12.5 Å². The van der Waals surface area contributed by atoms with Crippen LogP contribution >= 0.6 is 0 Å². The molecule has 0 aliphatic carbocycles. The van der Waals surface area contributed by atoms with Gasteiger partial charge in [0.2, 0.25) is 5.88 Å². The number of halogens is 1. The van der Waals surface area contributed by atoms with E-state index in [1.54, 1.807) is 30.2 Å². The molecule has 0 aliphatic rings. The van der Waals surface area contributed by atoms with Crippen molar-refractivity contribution in [1.82, 2.24) is 20.0 Å². The molecule has 6 heteroatoms. The fraction of sp³-hybridized carbons (Fsp3) is 0.417. The zero-order chi connectivity index (χ0) is 13.2. The summed E-state index contributed by atoms with van der Waals surface area (Å²) in [4.78, 5) is 3.92. The van der Waals surface area contributed by atoms with Gasteiger partial charge >= 0.3 is 0 Å². The van der Waals surface area contributed by atoms with E-state index in [2.05, 4.69) is 15.3 Å². The molecule has 0 spiro atoms. The summed E-state index contributed by atoms with van der Waals surface area (Å²) in [5.74, 6) is -0.446. The maximum absolute atomic E-state index is 13.5. The molecule has 0 aromatic carbocycles. The maximum atomic E-state index is 13.5. The summed E-state index contributed by atoms with van der Waals surface area (Å²) in [6, 6.07) is 1.39. The Balaban J connectivity index is 2.07. The molecule has 0 unspecified atom stereocenters. The van der Waals surface area contributed by atoms with Crippen LogP contribution in [0.2, 0.25) is 0 Å². The fourth-order valence-corrected chi connectivity index (χ4v) is 1.47. The molecule has 0 saturated carbocycles. The number of pyridine rings is 1. The van der Waals surface area contributed by atoms with E-state index < -0.39 is 11.4 Å². The van der Waals surface area contributed by atoms with E-state index in [1.165, 1.54) is 6.07 Å². The van der Waals surface area contributed by atoms with Crippen molar-refractivity contribution < 1.29 is 9.13 Å². The SMILES string of the molecule is Cc1cnc(OCC(C)(C)n2ccnn2)c(F)c1. The van der Waals surface area contributed by atoms with Crippen molar-refractivity contribution in [3.8, 4) is 5.88 Å². The van der Waals surface area contributed by atoms with Crippen LogP contribution in [0.5, 0.6) is 5.88 Å². The van der Waals surface area contributed by atoms with E-state index in [9.17, 15) is 4.39 Å². The minimum Gasteiger partial charge on any atom is -0.473 e. The first kappa shape index (κ1) is 12.5. The summed E-state index contributed by atoms with van der Waals surface area (Å²) in [6.45, 7) is 5.88. The van der Waals surface area contributed by atoms with Crippen LogP contribution in [0.25, 0.3) is 0 Å². The summed E-state index contributed by atoms with van der Waals surface area (Å²) in [5.41, 5.74) is 0.338. The van der Waals surface area contributed by atoms with E-state index in [0.717, 1.165) is 5.56 Å². The minimum absolute atomic E-state index is 0.00814. The number of aromatic nitrogens is 4. The molecule has 2 aromatic heterocycles. The molecule has 0 atom stereocenters. The monoisotopic (exact) mass is 250 g/mol. The van der Waals surface area contributed by atoms with Gasteiger partial charge in [-0.3, -0.25) is 0 Å². The molecule has 18 heavy (non-hydrogen) atoms. The molecule has 2 aromatic rings. The minimum atomic E-state index is -0.454. The summed E-state index contributed by atoms with van der Waals surface area (Å²) in [7, 11) is 0. The predicted molar refractivity (Wildman–Crippen MR) is 63.8 cm³/mol. The Labute approximate surface area is 105 Å². The van der Waals surface area contributed by atoms with Gasteiger partial charge in [-0.05, 0) is 32.4 Å². The second kappa shape index (κ2) is 4.72. The van der Waals surface area contributed by atoms with Gasteiger partial charge in [0, 0.05) is 12.4 Å². The second-order valence-corrected chi connectivity index (χ2v) is 4.75. The normalized spacial score (nSPS) is 11.6. The zero-order valence-electron chi connectivity index (χ0n) is 10.6. The topological polar surface area (TPSA) is 52.8 Å². The molecule has 0 aliphatic heterocycles. The average Bonchev–Trinajstić information content (AvgIpc) is 2.82. The molecule has 0 amide bonds. The lowest BCUT2D eigenvalue weighted by molar-refractivity contribution is 0.158. The highest BCUT2D eigenvalue weighted by Crippen LogP contribution is 2.18. The van der Waals surface area contributed by atoms with Crippen molar-refractivity contribution in [1.29, 1.82) is 0 Å². The van der Waals surface area contributed by atoms with Crippen molar-refractivity contribution in [3.63, 3.8) is 0 Å². The Morgan fingerprint density at radius 2 is 2.22 bits per heavy atom. The predicted octanol–water partition coefficient (Wildman–Crippen LogP) is 1.93. The molecule has 0 saturated heterocycles. The number of aryl methyl sites for hydroxylation is 1. The lowest BCUT2D eigenvalue weighted by Crippen LogP contribution is -2.34. The molecule has 0 radical (unpaired) electrons. The highest BCUT2D eigenvalue weighted by molar-refractivity contribution is 5.19. The molecule has 5 nitrogen and oxygen atoms in total. The lowest BCUT2D eigenvalue weighted by Gasteiger charge is -2.24. The summed E-state index contributed by atoms with van der Waals surface area (Å²) < 4.78 is 20.6. The Hall–Kier alpha value is -1.98. The van der Waals surface area contributed by atoms with Gasteiger partial charge in [0.15, 0.2) is 5.82 Å². The first-order valence-corrected chi connectivity index (χ1v) is 5.61. The third-order valence-corrected chi connectivity index (χ3v) is 2.55. The van der Waals surface area contributed by atoms with Crippen LogP contribution in [0, 0.1) is 12.7 Å². The number of nitrogens with zero attached hydrogens (tertiary/aromatic N) is 4. The highest BCUT2D eigenvalue weighted by atomic mass is 19.1. The van der Waals surface area contributed by atoms with Gasteiger partial charge in [-0.2, -0.15) is 0 Å². The first-order chi connectivity index (χ1) is 8.49. The van der Waals surface area contributed by atoms with Crippen molar-refractivity contribution in [3.05, 3.63) is 36.0 Å². The van der Waals surface area contributed by atoms with Crippen molar-refractivity contribution in [2.75, 3.05) is 6.61 Å². The maximum Gasteiger partial charge on any atom is 0.250 e. The quantitative estimate of drug-likeness (QED) is 0.832. The van der Waals surface area contributed by atoms with Crippen molar-refractivity contribution in [2.45, 2.75) is 26.3 Å². The van der Waals surface area contributed by atoms with Crippen molar-refractivity contribution >= 4 is 0 Å². The molecule has 0 fully saturated rings. The number of ether oxygens (including phenoxy) is 1. The van der Waals surface area contributed by atoms with Gasteiger partial charge in [0.1, 0.15) is 6.61 Å². The van der Waals surface area contributed by atoms with Crippen LogP contribution < -0.4 is 4.74 Å². The van der Waals surface area contributed by atoms with E-state index in [0.29, 0.717) is 0 Å². The second-order valence-electron chi connectivity index (χ2n) is 4.75. The molecule has 96 valence electrons. The number of hydrogen-bond donors (Lipinski definition) is 0. The molecular formula is C12H15FN4O. The first-order valence-electron chi connectivity index (χ1n) is 5.61. The average molecular weight is 250 g/mol. The van der Waals surface area contributed by atoms with Crippen LogP contribution in [-0.2, 0) is 5.54 Å². The Bertz CT molecular complexity index is 525. The van der Waals surface area contributed by atoms with E-state index >= 15 is 0 Å². The summed E-state index contributed by atoms with van der Waals surface area (Å²) >= 11 is 0. The van der Waals surface area contributed by atoms with Crippen LogP contribution in [0.4, 0.5) is 4.39 Å². The van der Waals surface area contributed by atoms with Crippen LogP contribution in [0.1, 0.15) is 19.4 Å². The van der Waals surface area contributed by atoms with E-state index in [4.69, 9.17) is 4.74 Å². The zero-order valence-corrected chi connectivity index (χ0v) is 10.6. The Morgan fingerprint density at radius 3 is 2.83 bits per heavy atom. The number of rotatable bonds is 4. The van der Waals surface area contributed by atoms with Gasteiger partial charge in [-0.25, -0.2) is 14.1 Å². The smallest absolute Gasteiger partial charge is 0.250 e.